The van der Waals surface area contributed by atoms with Gasteiger partial charge in [-0.3, -0.25) is 0 Å². The Balaban J connectivity index is 2.29. The topological polar surface area (TPSA) is 69.8 Å². The van der Waals surface area contributed by atoms with Gasteiger partial charge in [0.1, 0.15) is 0 Å². The number of rotatable bonds is 5. The Bertz CT molecular complexity index is 489. The summed E-state index contributed by atoms with van der Waals surface area (Å²) in [5.41, 5.74) is 0.965. The Labute approximate surface area is 99.4 Å². The van der Waals surface area contributed by atoms with E-state index in [1.165, 1.54) is 0 Å². The molecule has 0 fully saturated rings. The van der Waals surface area contributed by atoms with Crippen molar-refractivity contribution in [2.24, 2.45) is 7.05 Å². The Morgan fingerprint density at radius 2 is 2.29 bits per heavy atom. The number of ether oxygens (including phenoxy) is 1. The molecule has 0 bridgehead atoms. The number of aromatic nitrogens is 5. The van der Waals surface area contributed by atoms with Crippen LogP contribution in [0.5, 0.6) is 5.88 Å². The zero-order valence-electron chi connectivity index (χ0n) is 10.2. The fourth-order valence-electron chi connectivity index (χ4n) is 1.55. The molecule has 17 heavy (non-hydrogen) atoms. The number of nitrogens with one attached hydrogen (secondary N) is 1. The third kappa shape index (κ3) is 2.28. The van der Waals surface area contributed by atoms with Gasteiger partial charge in [0.05, 0.1) is 19.0 Å². The van der Waals surface area contributed by atoms with Gasteiger partial charge in [0.25, 0.3) is 0 Å². The van der Waals surface area contributed by atoms with E-state index in [9.17, 15) is 0 Å². The molecule has 0 aliphatic heterocycles. The van der Waals surface area contributed by atoms with Crippen LogP contribution in [0.3, 0.4) is 0 Å². The Kier molecular flexibility index (Phi) is 3.38. The van der Waals surface area contributed by atoms with Crippen molar-refractivity contribution in [1.82, 2.24) is 30.1 Å². The fraction of sp³-hybridized carbons (Fsp3) is 0.500. The van der Waals surface area contributed by atoms with Crippen LogP contribution in [0.4, 0.5) is 0 Å². The van der Waals surface area contributed by atoms with E-state index in [0.29, 0.717) is 18.2 Å². The van der Waals surface area contributed by atoms with E-state index in [2.05, 4.69) is 27.7 Å². The fourth-order valence-corrected chi connectivity index (χ4v) is 1.55. The van der Waals surface area contributed by atoms with E-state index in [1.54, 1.807) is 22.7 Å². The first-order valence-electron chi connectivity index (χ1n) is 5.45. The minimum absolute atomic E-state index is 0.685. The smallest absolute Gasteiger partial charge is 0.213 e. The van der Waals surface area contributed by atoms with E-state index in [-0.39, 0.29) is 0 Å². The molecule has 0 aromatic carbocycles. The zero-order valence-corrected chi connectivity index (χ0v) is 10.2. The molecule has 0 aliphatic carbocycles. The first kappa shape index (κ1) is 11.6. The predicted octanol–water partition coefficient (Wildman–Crippen LogP) is 0.119. The predicted molar refractivity (Wildman–Crippen MR) is 62.1 cm³/mol. The van der Waals surface area contributed by atoms with E-state index < -0.39 is 0 Å². The number of hydrogen-bond acceptors (Lipinski definition) is 5. The molecule has 0 spiro atoms. The second-order valence-electron chi connectivity index (χ2n) is 3.59. The van der Waals surface area contributed by atoms with Crippen molar-refractivity contribution in [3.63, 3.8) is 0 Å². The summed E-state index contributed by atoms with van der Waals surface area (Å²) < 4.78 is 8.53. The van der Waals surface area contributed by atoms with E-state index in [1.807, 2.05) is 13.1 Å². The summed E-state index contributed by atoms with van der Waals surface area (Å²) in [6.45, 7) is 3.66. The van der Waals surface area contributed by atoms with Gasteiger partial charge in [-0.2, -0.15) is 4.68 Å². The number of aryl methyl sites for hydroxylation is 1. The summed E-state index contributed by atoms with van der Waals surface area (Å²) in [6.07, 6.45) is 1.73. The molecule has 0 radical (unpaired) electrons. The second-order valence-corrected chi connectivity index (χ2v) is 3.59. The van der Waals surface area contributed by atoms with Gasteiger partial charge in [-0.05, 0) is 6.54 Å². The van der Waals surface area contributed by atoms with Gasteiger partial charge in [-0.15, -0.1) is 10.2 Å². The van der Waals surface area contributed by atoms with Crippen molar-refractivity contribution in [2.45, 2.75) is 13.5 Å². The third-order valence-electron chi connectivity index (χ3n) is 2.43. The second kappa shape index (κ2) is 4.96. The van der Waals surface area contributed by atoms with Gasteiger partial charge in [-0.1, -0.05) is 12.1 Å². The molecule has 92 valence electrons. The normalized spacial score (nSPS) is 10.8. The van der Waals surface area contributed by atoms with Gasteiger partial charge in [0, 0.05) is 19.7 Å². The Morgan fingerprint density at radius 3 is 2.94 bits per heavy atom. The van der Waals surface area contributed by atoms with Crippen LogP contribution in [-0.4, -0.2) is 38.4 Å². The molecule has 2 aromatic heterocycles. The average Bonchev–Trinajstić information content (AvgIpc) is 2.92. The molecular weight excluding hydrogens is 220 g/mol. The number of methoxy groups -OCH3 is 1. The van der Waals surface area contributed by atoms with Crippen molar-refractivity contribution in [1.29, 1.82) is 0 Å². The number of hydrogen-bond donors (Lipinski definition) is 1. The third-order valence-corrected chi connectivity index (χ3v) is 2.43. The van der Waals surface area contributed by atoms with Crippen molar-refractivity contribution in [3.8, 4) is 11.7 Å². The average molecular weight is 236 g/mol. The zero-order chi connectivity index (χ0) is 12.3. The molecule has 0 saturated carbocycles. The van der Waals surface area contributed by atoms with E-state index >= 15 is 0 Å². The first-order valence-corrected chi connectivity index (χ1v) is 5.45. The standard InChI is InChI=1S/C10H16N6O/c1-4-11-6-8-7-12-14-16(8)9-5-10(17-3)15(2)13-9/h5,7,11H,4,6H2,1-3H3. The molecule has 0 saturated heterocycles. The van der Waals surface area contributed by atoms with Crippen molar-refractivity contribution in [2.75, 3.05) is 13.7 Å². The molecule has 7 nitrogen and oxygen atoms in total. The summed E-state index contributed by atoms with van der Waals surface area (Å²) in [5, 5.41) is 15.5. The Hall–Kier alpha value is -1.89. The highest BCUT2D eigenvalue weighted by Crippen LogP contribution is 2.15. The molecule has 2 aromatic rings. The monoisotopic (exact) mass is 236 g/mol. The summed E-state index contributed by atoms with van der Waals surface area (Å²) in [7, 11) is 3.44. The van der Waals surface area contributed by atoms with E-state index in [0.717, 1.165) is 12.2 Å². The summed E-state index contributed by atoms with van der Waals surface area (Å²) in [4.78, 5) is 0. The lowest BCUT2D eigenvalue weighted by Crippen LogP contribution is -2.15. The maximum absolute atomic E-state index is 5.17. The largest absolute Gasteiger partial charge is 0.481 e. The SMILES string of the molecule is CCNCc1cnnn1-c1cc(OC)n(C)n1. The van der Waals surface area contributed by atoms with Crippen LogP contribution >= 0.6 is 0 Å². The van der Waals surface area contributed by atoms with Crippen LogP contribution in [-0.2, 0) is 13.6 Å². The summed E-state index contributed by atoms with van der Waals surface area (Å²) in [6, 6.07) is 1.82. The van der Waals surface area contributed by atoms with Crippen molar-refractivity contribution >= 4 is 0 Å². The van der Waals surface area contributed by atoms with Crippen molar-refractivity contribution in [3.05, 3.63) is 18.0 Å². The van der Waals surface area contributed by atoms with Crippen LogP contribution in [0.25, 0.3) is 5.82 Å². The highest BCUT2D eigenvalue weighted by atomic mass is 16.5. The minimum Gasteiger partial charge on any atom is -0.481 e. The highest BCUT2D eigenvalue weighted by molar-refractivity contribution is 5.29. The van der Waals surface area contributed by atoms with Gasteiger partial charge >= 0.3 is 0 Å². The van der Waals surface area contributed by atoms with Crippen LogP contribution in [0.15, 0.2) is 12.3 Å². The molecular formula is C10H16N6O. The molecule has 0 unspecified atom stereocenters. The maximum Gasteiger partial charge on any atom is 0.213 e. The lowest BCUT2D eigenvalue weighted by atomic mass is 10.4. The Morgan fingerprint density at radius 1 is 1.47 bits per heavy atom. The van der Waals surface area contributed by atoms with Gasteiger partial charge in [0.2, 0.25) is 5.88 Å². The molecule has 2 rings (SSSR count). The van der Waals surface area contributed by atoms with E-state index in [4.69, 9.17) is 4.74 Å². The quantitative estimate of drug-likeness (QED) is 0.798. The maximum atomic E-state index is 5.17. The van der Waals surface area contributed by atoms with Crippen LogP contribution in [0.2, 0.25) is 0 Å². The lowest BCUT2D eigenvalue weighted by Gasteiger charge is -2.02. The van der Waals surface area contributed by atoms with Gasteiger partial charge in [0.15, 0.2) is 5.82 Å². The van der Waals surface area contributed by atoms with Crippen molar-refractivity contribution < 1.29 is 4.74 Å². The highest BCUT2D eigenvalue weighted by Gasteiger charge is 2.11. The van der Waals surface area contributed by atoms with Crippen LogP contribution in [0.1, 0.15) is 12.6 Å². The first-order chi connectivity index (χ1) is 8.26. The van der Waals surface area contributed by atoms with Crippen LogP contribution in [0, 0.1) is 0 Å². The molecule has 2 heterocycles. The minimum atomic E-state index is 0.685. The lowest BCUT2D eigenvalue weighted by molar-refractivity contribution is 0.373. The molecule has 7 heteroatoms. The van der Waals surface area contributed by atoms with Gasteiger partial charge < -0.3 is 10.1 Å². The molecule has 1 N–H and O–H groups in total. The summed E-state index contributed by atoms with van der Waals surface area (Å²) in [5.74, 6) is 1.39. The summed E-state index contributed by atoms with van der Waals surface area (Å²) >= 11 is 0. The van der Waals surface area contributed by atoms with Gasteiger partial charge in [-0.25, -0.2) is 4.68 Å². The number of nitrogens with zero attached hydrogens (tertiary/aromatic N) is 5. The van der Waals surface area contributed by atoms with Crippen LogP contribution < -0.4 is 10.1 Å². The molecule has 0 amide bonds. The molecule has 0 atom stereocenters. The molecule has 0 aliphatic rings.